The van der Waals surface area contributed by atoms with Crippen molar-refractivity contribution in [1.82, 2.24) is 0 Å². The normalized spacial score (nSPS) is 19.2. The average Bonchev–Trinajstić information content (AvgIpc) is 2.67. The van der Waals surface area contributed by atoms with Crippen LogP contribution in [-0.2, 0) is 10.8 Å². The fourth-order valence-corrected chi connectivity index (χ4v) is 4.97. The molecule has 0 unspecified atom stereocenters. The molecule has 0 spiro atoms. The molecule has 0 N–H and O–H groups in total. The van der Waals surface area contributed by atoms with Crippen molar-refractivity contribution in [3.8, 4) is 0 Å². The van der Waals surface area contributed by atoms with E-state index in [1.54, 1.807) is 0 Å². The zero-order valence-electron chi connectivity index (χ0n) is 18.5. The van der Waals surface area contributed by atoms with Crippen LogP contribution in [0.5, 0.6) is 0 Å². The molecule has 0 bridgehead atoms. The Morgan fingerprint density at radius 3 is 2.36 bits per heavy atom. The second-order valence-electron chi connectivity index (χ2n) is 10.0. The molecule has 0 aromatic heterocycles. The van der Waals surface area contributed by atoms with E-state index in [0.717, 1.165) is 0 Å². The molecule has 4 rings (SSSR count). The number of hydrogen-bond acceptors (Lipinski definition) is 2. The van der Waals surface area contributed by atoms with Crippen LogP contribution in [0.15, 0.2) is 48.6 Å². The van der Waals surface area contributed by atoms with Crippen molar-refractivity contribution < 1.29 is 0 Å². The van der Waals surface area contributed by atoms with Gasteiger partial charge in [0.1, 0.15) is 0 Å². The predicted molar refractivity (Wildman–Crippen MR) is 125 cm³/mol. The summed E-state index contributed by atoms with van der Waals surface area (Å²) in [6, 6.07) is 13.8. The lowest BCUT2D eigenvalue weighted by molar-refractivity contribution is 0.332. The Kier molecular flexibility index (Phi) is 4.41. The van der Waals surface area contributed by atoms with Gasteiger partial charge in [0.05, 0.1) is 0 Å². The molecular weight excluding hydrogens is 339 g/mol. The van der Waals surface area contributed by atoms with E-state index in [1.165, 1.54) is 46.5 Å². The van der Waals surface area contributed by atoms with E-state index < -0.39 is 0 Å². The number of hydrogen-bond donors (Lipinski definition) is 0. The van der Waals surface area contributed by atoms with Crippen LogP contribution in [0.25, 0.3) is 0 Å². The van der Waals surface area contributed by atoms with Crippen molar-refractivity contribution in [2.24, 2.45) is 0 Å². The summed E-state index contributed by atoms with van der Waals surface area (Å²) >= 11 is 0. The standard InChI is InChI=1S/C25H33BN2/c1-24(2)13-14-25(3,4)20-17-18(11-12-19(20)24)28(7)22-10-8-9-21-23(22)26(5)15-16-27(21)6/h8-12,15-17H,13-14H2,1-7H3. The van der Waals surface area contributed by atoms with E-state index in [0.29, 0.717) is 6.71 Å². The van der Waals surface area contributed by atoms with Crippen LogP contribution in [0.3, 0.4) is 0 Å². The van der Waals surface area contributed by atoms with Crippen LogP contribution in [0, 0.1) is 0 Å². The van der Waals surface area contributed by atoms with Gasteiger partial charge in [-0.25, -0.2) is 0 Å². The summed E-state index contributed by atoms with van der Waals surface area (Å²) in [6.07, 6.45) is 4.68. The van der Waals surface area contributed by atoms with E-state index in [2.05, 4.69) is 107 Å². The van der Waals surface area contributed by atoms with E-state index in [-0.39, 0.29) is 10.8 Å². The van der Waals surface area contributed by atoms with E-state index in [9.17, 15) is 0 Å². The molecule has 2 aliphatic rings. The Hall–Kier alpha value is -2.16. The van der Waals surface area contributed by atoms with Crippen LogP contribution in [-0.4, -0.2) is 20.8 Å². The lowest BCUT2D eigenvalue weighted by Gasteiger charge is -2.42. The smallest absolute Gasteiger partial charge is 0.204 e. The van der Waals surface area contributed by atoms with Crippen molar-refractivity contribution in [1.29, 1.82) is 0 Å². The van der Waals surface area contributed by atoms with Gasteiger partial charge in [0, 0.05) is 31.2 Å². The molecule has 2 nitrogen and oxygen atoms in total. The molecule has 2 aromatic carbocycles. The Labute approximate surface area is 171 Å². The van der Waals surface area contributed by atoms with Gasteiger partial charge in [-0.15, -0.1) is 0 Å². The minimum Gasteiger partial charge on any atom is -0.353 e. The molecule has 1 aliphatic heterocycles. The number of fused-ring (bicyclic) bond motifs is 2. The molecule has 1 aliphatic carbocycles. The van der Waals surface area contributed by atoms with Gasteiger partial charge in [0.2, 0.25) is 6.71 Å². The third-order valence-corrected chi connectivity index (χ3v) is 7.08. The molecule has 3 heteroatoms. The maximum Gasteiger partial charge on any atom is 0.204 e. The summed E-state index contributed by atoms with van der Waals surface area (Å²) in [7, 11) is 4.35. The monoisotopic (exact) mass is 372 g/mol. The summed E-state index contributed by atoms with van der Waals surface area (Å²) < 4.78 is 0. The highest BCUT2D eigenvalue weighted by Gasteiger charge is 2.37. The topological polar surface area (TPSA) is 6.48 Å². The van der Waals surface area contributed by atoms with Gasteiger partial charge in [0.15, 0.2) is 0 Å². The molecule has 0 atom stereocenters. The highest BCUT2D eigenvalue weighted by molar-refractivity contribution is 6.79. The van der Waals surface area contributed by atoms with Gasteiger partial charge >= 0.3 is 0 Å². The number of benzene rings is 2. The van der Waals surface area contributed by atoms with Crippen LogP contribution < -0.4 is 15.3 Å². The van der Waals surface area contributed by atoms with Crippen molar-refractivity contribution in [3.63, 3.8) is 0 Å². The molecule has 0 saturated carbocycles. The first-order valence-corrected chi connectivity index (χ1v) is 10.5. The maximum absolute atomic E-state index is 2.45. The highest BCUT2D eigenvalue weighted by Crippen LogP contribution is 2.47. The van der Waals surface area contributed by atoms with Gasteiger partial charge in [-0.3, -0.25) is 0 Å². The highest BCUT2D eigenvalue weighted by atomic mass is 15.1. The first-order valence-electron chi connectivity index (χ1n) is 10.5. The first kappa shape index (κ1) is 19.2. The fraction of sp³-hybridized carbons (Fsp3) is 0.440. The Bertz CT molecular complexity index is 942. The van der Waals surface area contributed by atoms with Crippen LogP contribution in [0.4, 0.5) is 17.1 Å². The first-order chi connectivity index (χ1) is 13.1. The zero-order chi connectivity index (χ0) is 20.3. The zero-order valence-corrected chi connectivity index (χ0v) is 18.5. The second kappa shape index (κ2) is 6.44. The molecule has 2 aromatic rings. The molecule has 146 valence electrons. The molecule has 0 fully saturated rings. The van der Waals surface area contributed by atoms with Gasteiger partial charge in [0.25, 0.3) is 0 Å². The quantitative estimate of drug-likeness (QED) is 0.630. The molecule has 1 heterocycles. The Morgan fingerprint density at radius 1 is 0.964 bits per heavy atom. The van der Waals surface area contributed by atoms with Crippen molar-refractivity contribution >= 4 is 29.2 Å². The minimum absolute atomic E-state index is 0.230. The number of rotatable bonds is 2. The molecule has 0 amide bonds. The van der Waals surface area contributed by atoms with Crippen molar-refractivity contribution in [3.05, 3.63) is 59.7 Å². The molecular formula is C25H33BN2. The molecule has 0 radical (unpaired) electrons. The van der Waals surface area contributed by atoms with Gasteiger partial charge in [-0.05, 0) is 70.7 Å². The lowest BCUT2D eigenvalue weighted by Crippen LogP contribution is -2.38. The van der Waals surface area contributed by atoms with Crippen molar-refractivity contribution in [2.45, 2.75) is 58.2 Å². The van der Waals surface area contributed by atoms with Gasteiger partial charge in [-0.2, -0.15) is 0 Å². The van der Waals surface area contributed by atoms with E-state index in [1.807, 2.05) is 0 Å². The van der Waals surface area contributed by atoms with Crippen molar-refractivity contribution in [2.75, 3.05) is 23.9 Å². The largest absolute Gasteiger partial charge is 0.353 e. The average molecular weight is 372 g/mol. The maximum atomic E-state index is 2.45. The van der Waals surface area contributed by atoms with Crippen LogP contribution in [0.1, 0.15) is 51.7 Å². The summed E-state index contributed by atoms with van der Waals surface area (Å²) in [5, 5.41) is 0. The van der Waals surface area contributed by atoms with E-state index in [4.69, 9.17) is 0 Å². The third kappa shape index (κ3) is 2.96. The second-order valence-corrected chi connectivity index (χ2v) is 10.0. The summed E-state index contributed by atoms with van der Waals surface area (Å²) in [6.45, 7) is 12.3. The van der Waals surface area contributed by atoms with E-state index >= 15 is 0 Å². The van der Waals surface area contributed by atoms with Gasteiger partial charge < -0.3 is 9.80 Å². The Balaban J connectivity index is 1.81. The lowest BCUT2D eigenvalue weighted by atomic mass is 9.45. The third-order valence-electron chi connectivity index (χ3n) is 7.08. The number of anilines is 3. The minimum atomic E-state index is 0.230. The SMILES string of the molecule is CB1C=CN(C)c2cccc(N(C)c3ccc4c(c3)C(C)(C)CCC4(C)C)c21. The Morgan fingerprint density at radius 2 is 1.64 bits per heavy atom. The summed E-state index contributed by atoms with van der Waals surface area (Å²) in [4.78, 5) is 4.60. The molecule has 28 heavy (non-hydrogen) atoms. The van der Waals surface area contributed by atoms with Crippen LogP contribution in [0.2, 0.25) is 6.82 Å². The van der Waals surface area contributed by atoms with Crippen LogP contribution >= 0.6 is 0 Å². The van der Waals surface area contributed by atoms with Gasteiger partial charge in [-0.1, -0.05) is 52.6 Å². The summed E-state index contributed by atoms with van der Waals surface area (Å²) in [5.74, 6) is 2.29. The predicted octanol–water partition coefficient (Wildman–Crippen LogP) is 5.64. The number of nitrogens with zero attached hydrogens (tertiary/aromatic N) is 2. The summed E-state index contributed by atoms with van der Waals surface area (Å²) in [5.41, 5.74) is 8.82. The fourth-order valence-electron chi connectivity index (χ4n) is 4.97. The molecule has 0 saturated heterocycles.